The van der Waals surface area contributed by atoms with Gasteiger partial charge in [0, 0.05) is 11.9 Å². The van der Waals surface area contributed by atoms with E-state index >= 15 is 0 Å². The minimum atomic E-state index is 0.687. The van der Waals surface area contributed by atoms with Crippen LogP contribution in [-0.4, -0.2) is 31.2 Å². The van der Waals surface area contributed by atoms with Crippen molar-refractivity contribution < 1.29 is 9.47 Å². The topological polar surface area (TPSA) is 21.7 Å². The predicted molar refractivity (Wildman–Crippen MR) is 64.4 cm³/mol. The van der Waals surface area contributed by atoms with E-state index in [1.54, 1.807) is 11.3 Å². The molecule has 1 saturated heterocycles. The third-order valence-electron chi connectivity index (χ3n) is 3.19. The van der Waals surface area contributed by atoms with Gasteiger partial charge in [0.1, 0.15) is 13.2 Å². The van der Waals surface area contributed by atoms with Crippen LogP contribution in [0, 0.1) is 0 Å². The molecule has 88 valence electrons. The molecule has 0 aliphatic carbocycles. The van der Waals surface area contributed by atoms with E-state index in [4.69, 9.17) is 9.47 Å². The van der Waals surface area contributed by atoms with Crippen molar-refractivity contribution in [2.45, 2.75) is 25.8 Å². The van der Waals surface area contributed by atoms with Gasteiger partial charge in [0.25, 0.3) is 0 Å². The molecule has 1 fully saturated rings. The highest BCUT2D eigenvalue weighted by Gasteiger charge is 2.20. The second-order valence-electron chi connectivity index (χ2n) is 4.39. The van der Waals surface area contributed by atoms with Crippen LogP contribution in [0.5, 0.6) is 11.5 Å². The smallest absolute Gasteiger partial charge is 0.176 e. The first-order valence-corrected chi connectivity index (χ1v) is 6.90. The first-order valence-electron chi connectivity index (χ1n) is 6.02. The maximum atomic E-state index is 5.69. The van der Waals surface area contributed by atoms with Crippen molar-refractivity contribution in [3.05, 3.63) is 10.3 Å². The van der Waals surface area contributed by atoms with Crippen LogP contribution in [0.25, 0.3) is 0 Å². The summed E-state index contributed by atoms with van der Waals surface area (Å²) in [6.45, 7) is 4.87. The third-order valence-corrected chi connectivity index (χ3v) is 4.12. The first-order chi connectivity index (χ1) is 7.93. The first kappa shape index (κ1) is 10.4. The summed E-state index contributed by atoms with van der Waals surface area (Å²) >= 11 is 1.77. The van der Waals surface area contributed by atoms with E-state index in [1.807, 2.05) is 0 Å². The summed E-state index contributed by atoms with van der Waals surface area (Å²) in [5, 5.41) is 2.08. The molecule has 3 nitrogen and oxygen atoms in total. The lowest BCUT2D eigenvalue weighted by molar-refractivity contribution is 0.167. The van der Waals surface area contributed by atoms with Crippen molar-refractivity contribution in [2.24, 2.45) is 0 Å². The molecule has 3 rings (SSSR count). The van der Waals surface area contributed by atoms with Gasteiger partial charge in [-0.1, -0.05) is 6.42 Å². The molecule has 0 aromatic carbocycles. The Morgan fingerprint density at radius 2 is 1.94 bits per heavy atom. The number of ether oxygens (including phenoxy) is 2. The third kappa shape index (κ3) is 2.04. The monoisotopic (exact) mass is 239 g/mol. The summed E-state index contributed by atoms with van der Waals surface area (Å²) in [4.78, 5) is 3.85. The van der Waals surface area contributed by atoms with Gasteiger partial charge in [0.15, 0.2) is 11.5 Å². The molecule has 1 aromatic heterocycles. The number of likely N-dealkylation sites (tertiary alicyclic amines) is 1. The maximum absolute atomic E-state index is 5.69. The molecule has 0 atom stereocenters. The van der Waals surface area contributed by atoms with Gasteiger partial charge >= 0.3 is 0 Å². The number of nitrogens with zero attached hydrogens (tertiary/aromatic N) is 1. The normalized spacial score (nSPS) is 21.0. The molecule has 2 aliphatic heterocycles. The number of thiophene rings is 1. The molecule has 2 aliphatic rings. The standard InChI is InChI=1S/C12H17NO2S/c1-2-4-13(5-3-1)8-11-12-10(9-16-11)14-6-7-15-12/h9H,1-8H2. The molecule has 0 unspecified atom stereocenters. The highest BCUT2D eigenvalue weighted by atomic mass is 32.1. The average Bonchev–Trinajstić information content (AvgIpc) is 2.74. The average molecular weight is 239 g/mol. The molecule has 16 heavy (non-hydrogen) atoms. The largest absolute Gasteiger partial charge is 0.485 e. The van der Waals surface area contributed by atoms with Gasteiger partial charge in [0.05, 0.1) is 4.88 Å². The Balaban J connectivity index is 1.71. The number of piperidine rings is 1. The fraction of sp³-hybridized carbons (Fsp3) is 0.667. The Morgan fingerprint density at radius 1 is 1.12 bits per heavy atom. The second-order valence-corrected chi connectivity index (χ2v) is 5.35. The lowest BCUT2D eigenvalue weighted by atomic mass is 10.1. The molecule has 0 bridgehead atoms. The van der Waals surface area contributed by atoms with E-state index in [0.717, 1.165) is 18.0 Å². The highest BCUT2D eigenvalue weighted by molar-refractivity contribution is 7.10. The van der Waals surface area contributed by atoms with Gasteiger partial charge in [-0.25, -0.2) is 0 Å². The van der Waals surface area contributed by atoms with E-state index in [9.17, 15) is 0 Å². The molecule has 4 heteroatoms. The van der Waals surface area contributed by atoms with Crippen LogP contribution in [0.15, 0.2) is 5.38 Å². The van der Waals surface area contributed by atoms with E-state index in [2.05, 4.69) is 10.3 Å². The molecular formula is C12H17NO2S. The van der Waals surface area contributed by atoms with Gasteiger partial charge < -0.3 is 9.47 Å². The zero-order chi connectivity index (χ0) is 10.8. The number of fused-ring (bicyclic) bond motifs is 1. The number of rotatable bonds is 2. The van der Waals surface area contributed by atoms with Gasteiger partial charge in [-0.05, 0) is 25.9 Å². The van der Waals surface area contributed by atoms with Crippen LogP contribution in [-0.2, 0) is 6.54 Å². The number of hydrogen-bond donors (Lipinski definition) is 0. The summed E-state index contributed by atoms with van der Waals surface area (Å²) in [6, 6.07) is 0. The van der Waals surface area contributed by atoms with Crippen LogP contribution in [0.1, 0.15) is 24.1 Å². The van der Waals surface area contributed by atoms with Gasteiger partial charge in [-0.3, -0.25) is 4.90 Å². The Labute approximate surface area is 100.0 Å². The fourth-order valence-electron chi connectivity index (χ4n) is 2.35. The van der Waals surface area contributed by atoms with Gasteiger partial charge in [0.2, 0.25) is 0 Å². The Kier molecular flexibility index (Phi) is 3.02. The van der Waals surface area contributed by atoms with Crippen molar-refractivity contribution in [1.82, 2.24) is 4.90 Å². The molecular weight excluding hydrogens is 222 g/mol. The highest BCUT2D eigenvalue weighted by Crippen LogP contribution is 2.40. The van der Waals surface area contributed by atoms with Crippen molar-refractivity contribution in [2.75, 3.05) is 26.3 Å². The van der Waals surface area contributed by atoms with E-state index in [1.165, 1.54) is 37.2 Å². The second kappa shape index (κ2) is 4.63. The van der Waals surface area contributed by atoms with Crippen LogP contribution in [0.4, 0.5) is 0 Å². The molecule has 0 amide bonds. The Morgan fingerprint density at radius 3 is 2.81 bits per heavy atom. The van der Waals surface area contributed by atoms with Crippen LogP contribution in [0.3, 0.4) is 0 Å². The minimum absolute atomic E-state index is 0.687. The zero-order valence-electron chi connectivity index (χ0n) is 9.41. The van der Waals surface area contributed by atoms with Gasteiger partial charge in [-0.2, -0.15) is 0 Å². The fourth-order valence-corrected chi connectivity index (χ4v) is 3.29. The summed E-state index contributed by atoms with van der Waals surface area (Å²) in [5.74, 6) is 1.95. The summed E-state index contributed by atoms with van der Waals surface area (Å²) in [5.41, 5.74) is 0. The summed E-state index contributed by atoms with van der Waals surface area (Å²) < 4.78 is 11.3. The van der Waals surface area contributed by atoms with Gasteiger partial charge in [-0.15, -0.1) is 11.3 Å². The lowest BCUT2D eigenvalue weighted by Crippen LogP contribution is -2.29. The van der Waals surface area contributed by atoms with E-state index < -0.39 is 0 Å². The zero-order valence-corrected chi connectivity index (χ0v) is 10.2. The molecule has 0 radical (unpaired) electrons. The van der Waals surface area contributed by atoms with Crippen LogP contribution < -0.4 is 9.47 Å². The van der Waals surface area contributed by atoms with Crippen molar-refractivity contribution in [3.63, 3.8) is 0 Å². The van der Waals surface area contributed by atoms with Crippen molar-refractivity contribution in [3.8, 4) is 11.5 Å². The molecule has 0 spiro atoms. The molecule has 0 N–H and O–H groups in total. The molecule has 0 saturated carbocycles. The van der Waals surface area contributed by atoms with E-state index in [0.29, 0.717) is 13.2 Å². The molecule has 1 aromatic rings. The Bertz CT molecular complexity index is 358. The predicted octanol–water partition coefficient (Wildman–Crippen LogP) is 2.51. The van der Waals surface area contributed by atoms with Crippen LogP contribution in [0.2, 0.25) is 0 Å². The minimum Gasteiger partial charge on any atom is -0.485 e. The van der Waals surface area contributed by atoms with Crippen LogP contribution >= 0.6 is 11.3 Å². The van der Waals surface area contributed by atoms with Crippen molar-refractivity contribution >= 4 is 11.3 Å². The Hall–Kier alpha value is -0.740. The maximum Gasteiger partial charge on any atom is 0.176 e. The molecule has 3 heterocycles. The number of hydrogen-bond acceptors (Lipinski definition) is 4. The van der Waals surface area contributed by atoms with Crippen molar-refractivity contribution in [1.29, 1.82) is 0 Å². The summed E-state index contributed by atoms with van der Waals surface area (Å²) in [7, 11) is 0. The SMILES string of the molecule is c1sc(CN2CCCCC2)c2c1OCCO2. The lowest BCUT2D eigenvalue weighted by Gasteiger charge is -2.26. The summed E-state index contributed by atoms with van der Waals surface area (Å²) in [6.07, 6.45) is 4.06. The van der Waals surface area contributed by atoms with E-state index in [-0.39, 0.29) is 0 Å². The quantitative estimate of drug-likeness (QED) is 0.791.